The highest BCUT2D eigenvalue weighted by atomic mass is 79.9. The van der Waals surface area contributed by atoms with Crippen LogP contribution in [0.25, 0.3) is 0 Å². The number of alkyl halides is 2. The second-order valence-electron chi connectivity index (χ2n) is 6.01. The quantitative estimate of drug-likeness (QED) is 0.591. The molecule has 0 N–H and O–H groups in total. The molecule has 0 spiro atoms. The van der Waals surface area contributed by atoms with E-state index >= 15 is 0 Å². The summed E-state index contributed by atoms with van der Waals surface area (Å²) >= 11 is 9.20. The maximum atomic E-state index is 13.8. The summed E-state index contributed by atoms with van der Waals surface area (Å²) in [4.78, 5) is 18.5. The van der Waals surface area contributed by atoms with Gasteiger partial charge in [-0.3, -0.25) is 9.79 Å². The Morgan fingerprint density at radius 3 is 2.90 bits per heavy atom. The third kappa shape index (κ3) is 3.16. The van der Waals surface area contributed by atoms with Crippen molar-refractivity contribution in [3.63, 3.8) is 0 Å². The van der Waals surface area contributed by atoms with Crippen LogP contribution in [0.15, 0.2) is 33.7 Å². The van der Waals surface area contributed by atoms with Crippen LogP contribution in [0.5, 0.6) is 0 Å². The zero-order valence-electron chi connectivity index (χ0n) is 18.2. The monoisotopic (exact) mass is 486 g/mol. The van der Waals surface area contributed by atoms with Gasteiger partial charge >= 0.3 is 0 Å². The van der Waals surface area contributed by atoms with Crippen LogP contribution in [-0.4, -0.2) is 37.7 Å². The van der Waals surface area contributed by atoms with Crippen molar-refractivity contribution < 1.29 is 23.4 Å². The molecule has 0 bridgehead atoms. The zero-order valence-corrected chi connectivity index (χ0v) is 16.5. The minimum absolute atomic E-state index is 0.00672. The summed E-state index contributed by atoms with van der Waals surface area (Å²) in [5.41, 5.74) is -1.40. The van der Waals surface area contributed by atoms with Crippen LogP contribution in [-0.2, 0) is 0 Å². The molecule has 0 saturated heterocycles. The van der Waals surface area contributed by atoms with E-state index in [0.717, 1.165) is 23.1 Å². The van der Waals surface area contributed by atoms with E-state index in [-0.39, 0.29) is 32.0 Å². The molecule has 2 heterocycles. The van der Waals surface area contributed by atoms with Crippen molar-refractivity contribution in [3.05, 3.63) is 56.3 Å². The van der Waals surface area contributed by atoms with Gasteiger partial charge in [-0.15, -0.1) is 0 Å². The predicted molar refractivity (Wildman–Crippen MR) is 107 cm³/mol. The lowest BCUT2D eigenvalue weighted by molar-refractivity contribution is 0.103. The van der Waals surface area contributed by atoms with Crippen LogP contribution in [0.1, 0.15) is 27.0 Å². The molecule has 0 amide bonds. The van der Waals surface area contributed by atoms with Gasteiger partial charge in [-0.2, -0.15) is 5.26 Å². The number of rotatable bonds is 4. The molecule has 0 aromatic heterocycles. The van der Waals surface area contributed by atoms with Crippen molar-refractivity contribution in [1.82, 2.24) is 0 Å². The van der Waals surface area contributed by atoms with Gasteiger partial charge in [0.1, 0.15) is 11.9 Å². The summed E-state index contributed by atoms with van der Waals surface area (Å²) in [5, 5.41) is 9.83. The Hall–Kier alpha value is -2.57. The third-order valence-electron chi connectivity index (χ3n) is 4.34. The van der Waals surface area contributed by atoms with Gasteiger partial charge in [0.15, 0.2) is 5.78 Å². The molecule has 0 atom stereocenters. The molecule has 0 unspecified atom stereocenters. The van der Waals surface area contributed by atoms with E-state index in [1.807, 2.05) is 0 Å². The Morgan fingerprint density at radius 1 is 1.45 bits per heavy atom. The maximum absolute atomic E-state index is 13.8. The summed E-state index contributed by atoms with van der Waals surface area (Å²) in [6.07, 6.45) is -2.91. The van der Waals surface area contributed by atoms with Crippen molar-refractivity contribution in [2.75, 3.05) is 29.3 Å². The Morgan fingerprint density at radius 2 is 2.21 bits per heavy atom. The molecule has 2 aromatic carbocycles. The summed E-state index contributed by atoms with van der Waals surface area (Å²) in [7, 11) is 0. The normalized spacial score (nSPS) is 20.2. The lowest BCUT2D eigenvalue weighted by atomic mass is 9.96. The highest BCUT2D eigenvalue weighted by molar-refractivity contribution is 9.10. The molecule has 0 fully saturated rings. The molecule has 10 heteroatoms. The number of aliphatic imine (C=N–C) groups is 1. The fourth-order valence-electron chi connectivity index (χ4n) is 3.18. The van der Waals surface area contributed by atoms with Crippen LogP contribution >= 0.6 is 27.5 Å². The summed E-state index contributed by atoms with van der Waals surface area (Å²) in [6, 6.07) is 6.07. The maximum Gasteiger partial charge on any atom is 0.256 e. The number of hydrogen-bond donors (Lipinski definition) is 0. The average molecular weight is 488 g/mol. The van der Waals surface area contributed by atoms with Crippen molar-refractivity contribution >= 4 is 50.6 Å². The molecule has 0 aliphatic carbocycles. The Balaban J connectivity index is 2.01. The molecule has 5 nitrogen and oxygen atoms in total. The number of benzene rings is 2. The smallest absolute Gasteiger partial charge is 0.256 e. The van der Waals surface area contributed by atoms with E-state index < -0.39 is 49.1 Å². The Labute approximate surface area is 182 Å². The second-order valence-corrected chi connectivity index (χ2v) is 7.28. The first kappa shape index (κ1) is 15.3. The van der Waals surface area contributed by atoms with Crippen molar-refractivity contribution in [1.29, 1.82) is 5.26 Å². The summed E-state index contributed by atoms with van der Waals surface area (Å²) in [6.45, 7) is -6.67. The SMILES string of the molecule is [2H]C1([2H])N=C2N(CC(F)F)c3cc(Br)c(C(=O)c4cc(F)ccc4Cl)c(C#N)c3N2C1([2H])[2H]. The number of nitrogens with zero attached hydrogens (tertiary/aromatic N) is 4. The molecule has 2 aliphatic heterocycles. The van der Waals surface area contributed by atoms with Gasteiger partial charge in [0.25, 0.3) is 6.43 Å². The van der Waals surface area contributed by atoms with Gasteiger partial charge < -0.3 is 9.80 Å². The first-order chi connectivity index (χ1) is 15.3. The zero-order chi connectivity index (χ0) is 24.5. The molecule has 2 aliphatic rings. The number of hydrogen-bond acceptors (Lipinski definition) is 5. The summed E-state index contributed by atoms with van der Waals surface area (Å²) in [5.74, 6) is -2.10. The lowest BCUT2D eigenvalue weighted by Crippen LogP contribution is -2.38. The number of anilines is 2. The standard InChI is InChI=1S/C19H11BrClF3N4O/c20-12-6-14-17(27-4-3-26-19(27)28(14)8-15(23)24)11(7-25)16(12)18(29)10-5-9(22)1-2-13(10)21/h1-2,5-6,15H,3-4,8H2/i3D2,4D2. The van der Waals surface area contributed by atoms with E-state index in [9.17, 15) is 23.2 Å². The Kier molecular flexibility index (Phi) is 3.88. The van der Waals surface area contributed by atoms with Crippen LogP contribution in [0.4, 0.5) is 24.5 Å². The van der Waals surface area contributed by atoms with Gasteiger partial charge in [0.2, 0.25) is 5.96 Å². The van der Waals surface area contributed by atoms with E-state index in [1.54, 1.807) is 6.07 Å². The topological polar surface area (TPSA) is 59.7 Å². The third-order valence-corrected chi connectivity index (χ3v) is 5.29. The van der Waals surface area contributed by atoms with Gasteiger partial charge in [-0.25, -0.2) is 13.2 Å². The van der Waals surface area contributed by atoms with Gasteiger partial charge in [0, 0.05) is 16.5 Å². The number of carbonyl (C=O) groups excluding carboxylic acids is 1. The van der Waals surface area contributed by atoms with Crippen LogP contribution < -0.4 is 9.80 Å². The molecule has 2 aromatic rings. The van der Waals surface area contributed by atoms with E-state index in [2.05, 4.69) is 20.9 Å². The predicted octanol–water partition coefficient (Wildman–Crippen LogP) is 4.61. The first-order valence-electron chi connectivity index (χ1n) is 10.0. The van der Waals surface area contributed by atoms with Crippen molar-refractivity contribution in [2.24, 2.45) is 4.99 Å². The van der Waals surface area contributed by atoms with E-state index in [1.165, 1.54) is 6.07 Å². The largest absolute Gasteiger partial charge is 0.307 e. The van der Waals surface area contributed by atoms with Crippen LogP contribution in [0.2, 0.25) is 5.02 Å². The molecule has 29 heavy (non-hydrogen) atoms. The Bertz CT molecular complexity index is 1280. The minimum Gasteiger partial charge on any atom is -0.307 e. The first-order valence-corrected chi connectivity index (χ1v) is 9.21. The van der Waals surface area contributed by atoms with Gasteiger partial charge in [-0.05, 0) is 40.2 Å². The fraction of sp³-hybridized carbons (Fsp3) is 0.211. The van der Waals surface area contributed by atoms with Crippen LogP contribution in [0, 0.1) is 17.1 Å². The molecule has 0 saturated carbocycles. The number of halogens is 5. The minimum atomic E-state index is -2.91. The average Bonchev–Trinajstić information content (AvgIpc) is 3.09. The summed E-state index contributed by atoms with van der Waals surface area (Å²) < 4.78 is 72.8. The van der Waals surface area contributed by atoms with Gasteiger partial charge in [-0.1, -0.05) is 11.6 Å². The number of fused-ring (bicyclic) bond motifs is 3. The number of nitriles is 1. The molecule has 0 radical (unpaired) electrons. The second kappa shape index (κ2) is 7.35. The molecular formula is C19H11BrClF3N4O. The number of carbonyl (C=O) groups is 1. The van der Waals surface area contributed by atoms with Gasteiger partial charge in [0.05, 0.1) is 46.0 Å². The highest BCUT2D eigenvalue weighted by Crippen LogP contribution is 2.46. The molecule has 148 valence electrons. The van der Waals surface area contributed by atoms with Crippen LogP contribution in [0.3, 0.4) is 0 Å². The number of guanidine groups is 1. The highest BCUT2D eigenvalue weighted by Gasteiger charge is 2.40. The van der Waals surface area contributed by atoms with Crippen molar-refractivity contribution in [2.45, 2.75) is 6.43 Å². The van der Waals surface area contributed by atoms with E-state index in [0.29, 0.717) is 4.90 Å². The lowest BCUT2D eigenvalue weighted by Gasteiger charge is -2.18. The van der Waals surface area contributed by atoms with E-state index in [4.69, 9.17) is 17.1 Å². The molecular weight excluding hydrogens is 473 g/mol. The number of ketones is 1. The van der Waals surface area contributed by atoms with Crippen molar-refractivity contribution in [3.8, 4) is 6.07 Å². The molecule has 4 rings (SSSR count). The fourth-order valence-corrected chi connectivity index (χ4v) is 3.98.